The highest BCUT2D eigenvalue weighted by Crippen LogP contribution is 2.45. The fourth-order valence-electron chi connectivity index (χ4n) is 4.38. The molecule has 2 aromatic rings. The Morgan fingerprint density at radius 2 is 1.76 bits per heavy atom. The minimum atomic E-state index is -0.502. The van der Waals surface area contributed by atoms with Crippen LogP contribution >= 0.6 is 0 Å². The van der Waals surface area contributed by atoms with E-state index in [-0.39, 0.29) is 17.6 Å². The van der Waals surface area contributed by atoms with Gasteiger partial charge in [0.2, 0.25) is 0 Å². The molecular weight excluding hydrogens is 362 g/mol. The lowest BCUT2D eigenvalue weighted by molar-refractivity contribution is -0.114. The lowest BCUT2D eigenvalue weighted by Gasteiger charge is -2.38. The number of aliphatic imine (C=N–C) groups is 1. The van der Waals surface area contributed by atoms with E-state index in [9.17, 15) is 4.79 Å². The third kappa shape index (κ3) is 2.87. The fourth-order valence-corrected chi connectivity index (χ4v) is 4.38. The van der Waals surface area contributed by atoms with Crippen molar-refractivity contribution in [3.8, 4) is 0 Å². The van der Waals surface area contributed by atoms with Gasteiger partial charge in [-0.3, -0.25) is 9.79 Å². The number of carbonyl (C=O) groups is 1. The van der Waals surface area contributed by atoms with Crippen LogP contribution in [0.25, 0.3) is 0 Å². The van der Waals surface area contributed by atoms with Crippen LogP contribution < -0.4 is 11.5 Å². The highest BCUT2D eigenvalue weighted by atomic mass is 16.1. The van der Waals surface area contributed by atoms with Gasteiger partial charge in [-0.1, -0.05) is 54.6 Å². The van der Waals surface area contributed by atoms with Gasteiger partial charge in [0.1, 0.15) is 12.1 Å². The molecule has 0 aromatic heterocycles. The van der Waals surface area contributed by atoms with Gasteiger partial charge in [-0.15, -0.1) is 0 Å². The van der Waals surface area contributed by atoms with Crippen LogP contribution in [0.3, 0.4) is 0 Å². The number of benzene rings is 2. The maximum atomic E-state index is 11.9. The highest BCUT2D eigenvalue weighted by Gasteiger charge is 2.42. The zero-order valence-corrected chi connectivity index (χ0v) is 16.0. The molecule has 2 heterocycles. The molecule has 0 spiro atoms. The van der Waals surface area contributed by atoms with Crippen LogP contribution in [0.2, 0.25) is 0 Å². The van der Waals surface area contributed by atoms with Gasteiger partial charge in [-0.25, -0.2) is 5.01 Å². The summed E-state index contributed by atoms with van der Waals surface area (Å²) in [5.41, 5.74) is 15.6. The van der Waals surface area contributed by atoms with Crippen LogP contribution in [-0.4, -0.2) is 23.0 Å². The number of allylic oxidation sites excluding steroid dienone is 1. The first-order chi connectivity index (χ1) is 14.1. The van der Waals surface area contributed by atoms with Crippen LogP contribution in [0.4, 0.5) is 0 Å². The summed E-state index contributed by atoms with van der Waals surface area (Å²) in [6.07, 6.45) is 6.47. The Balaban J connectivity index is 1.56. The van der Waals surface area contributed by atoms with E-state index in [4.69, 9.17) is 16.5 Å². The molecule has 0 saturated heterocycles. The fraction of sp³-hybridized carbons (Fsp3) is 0.261. The normalized spacial score (nSPS) is 24.4. The number of rotatable bonds is 4. The number of fused-ring (bicyclic) bond motifs is 1. The van der Waals surface area contributed by atoms with E-state index in [0.29, 0.717) is 11.4 Å². The standard InChI is InChI=1S/C23H23N5O/c24-21(29)18-11-14-26-28-20(16-5-2-1-3-6-16)19(27-22(18)28)15-7-9-17(10-8-15)23(25)12-4-13-23/h1-3,5-11,14,19-20H,4,12-13,25H2,(H2,24,29). The summed E-state index contributed by atoms with van der Waals surface area (Å²) in [6.45, 7) is 0. The second-order valence-corrected chi connectivity index (χ2v) is 7.94. The second kappa shape index (κ2) is 6.67. The third-order valence-corrected chi connectivity index (χ3v) is 6.19. The number of primary amides is 1. The first kappa shape index (κ1) is 17.8. The predicted octanol–water partition coefficient (Wildman–Crippen LogP) is 2.93. The van der Waals surface area contributed by atoms with Gasteiger partial charge in [0.15, 0.2) is 5.84 Å². The Bertz CT molecular complexity index is 1030. The van der Waals surface area contributed by atoms with Crippen molar-refractivity contribution in [2.45, 2.75) is 36.9 Å². The van der Waals surface area contributed by atoms with Crippen LogP contribution in [0.15, 0.2) is 76.3 Å². The van der Waals surface area contributed by atoms with E-state index in [2.05, 4.69) is 41.5 Å². The topological polar surface area (TPSA) is 97.1 Å². The van der Waals surface area contributed by atoms with Crippen molar-refractivity contribution in [2.75, 3.05) is 0 Å². The maximum absolute atomic E-state index is 11.9. The molecule has 2 aliphatic heterocycles. The zero-order valence-electron chi connectivity index (χ0n) is 16.0. The van der Waals surface area contributed by atoms with Crippen molar-refractivity contribution in [1.82, 2.24) is 5.01 Å². The number of nitrogens with zero attached hydrogens (tertiary/aromatic N) is 3. The quantitative estimate of drug-likeness (QED) is 0.847. The molecule has 2 atom stereocenters. The minimum absolute atomic E-state index is 0.146. The molecule has 2 aromatic carbocycles. The van der Waals surface area contributed by atoms with Crippen LogP contribution in [0, 0.1) is 0 Å². The number of nitrogens with two attached hydrogens (primary N) is 2. The summed E-state index contributed by atoms with van der Waals surface area (Å²) >= 11 is 0. The lowest BCUT2D eigenvalue weighted by atomic mass is 9.72. The summed E-state index contributed by atoms with van der Waals surface area (Å²) in [5, 5.41) is 6.32. The molecule has 0 bridgehead atoms. The Kier molecular flexibility index (Phi) is 4.10. The van der Waals surface area contributed by atoms with Gasteiger partial charge in [0.05, 0.1) is 5.57 Å². The average molecular weight is 385 g/mol. The number of amides is 1. The Morgan fingerprint density at radius 3 is 2.38 bits per heavy atom. The van der Waals surface area contributed by atoms with Crippen molar-refractivity contribution in [3.63, 3.8) is 0 Å². The summed E-state index contributed by atoms with van der Waals surface area (Å²) in [6, 6.07) is 18.2. The number of hydrogen-bond acceptors (Lipinski definition) is 5. The van der Waals surface area contributed by atoms with E-state index < -0.39 is 5.91 Å². The lowest BCUT2D eigenvalue weighted by Crippen LogP contribution is -2.43. The van der Waals surface area contributed by atoms with Crippen molar-refractivity contribution < 1.29 is 4.79 Å². The molecule has 146 valence electrons. The molecule has 29 heavy (non-hydrogen) atoms. The molecular formula is C23H23N5O. The molecule has 1 aliphatic carbocycles. The molecule has 1 fully saturated rings. The first-order valence-corrected chi connectivity index (χ1v) is 9.93. The van der Waals surface area contributed by atoms with Gasteiger partial charge in [0.25, 0.3) is 5.91 Å². The smallest absolute Gasteiger partial charge is 0.252 e. The van der Waals surface area contributed by atoms with Crippen molar-refractivity contribution in [3.05, 3.63) is 82.9 Å². The first-order valence-electron chi connectivity index (χ1n) is 9.93. The zero-order chi connectivity index (χ0) is 20.0. The van der Waals surface area contributed by atoms with Crippen molar-refractivity contribution in [1.29, 1.82) is 0 Å². The number of hydrazone groups is 1. The van der Waals surface area contributed by atoms with Gasteiger partial charge >= 0.3 is 0 Å². The van der Waals surface area contributed by atoms with Gasteiger partial charge in [0, 0.05) is 11.8 Å². The number of hydrogen-bond donors (Lipinski definition) is 2. The predicted molar refractivity (Wildman–Crippen MR) is 113 cm³/mol. The molecule has 1 saturated carbocycles. The Hall–Kier alpha value is -3.25. The average Bonchev–Trinajstić information content (AvgIpc) is 3.12. The van der Waals surface area contributed by atoms with E-state index in [1.165, 1.54) is 12.0 Å². The van der Waals surface area contributed by atoms with E-state index in [1.54, 1.807) is 12.3 Å². The molecule has 1 amide bonds. The molecule has 5 rings (SSSR count). The second-order valence-electron chi connectivity index (χ2n) is 7.94. The van der Waals surface area contributed by atoms with Crippen LogP contribution in [-0.2, 0) is 10.3 Å². The Morgan fingerprint density at radius 1 is 1.03 bits per heavy atom. The molecule has 2 unspecified atom stereocenters. The Labute approximate surface area is 169 Å². The largest absolute Gasteiger partial charge is 0.365 e. The summed E-state index contributed by atoms with van der Waals surface area (Å²) < 4.78 is 0. The number of amidine groups is 1. The summed E-state index contributed by atoms with van der Waals surface area (Å²) in [4.78, 5) is 16.8. The van der Waals surface area contributed by atoms with Crippen molar-refractivity contribution in [2.24, 2.45) is 21.6 Å². The molecule has 6 nitrogen and oxygen atoms in total. The summed E-state index contributed by atoms with van der Waals surface area (Å²) in [5.74, 6) is 0.0231. The summed E-state index contributed by atoms with van der Waals surface area (Å²) in [7, 11) is 0. The van der Waals surface area contributed by atoms with E-state index in [0.717, 1.165) is 24.0 Å². The van der Waals surface area contributed by atoms with Crippen molar-refractivity contribution >= 4 is 18.0 Å². The van der Waals surface area contributed by atoms with Crippen LogP contribution in [0.5, 0.6) is 0 Å². The van der Waals surface area contributed by atoms with Gasteiger partial charge in [-0.2, -0.15) is 5.10 Å². The van der Waals surface area contributed by atoms with Gasteiger partial charge in [-0.05, 0) is 42.0 Å². The third-order valence-electron chi connectivity index (χ3n) is 6.19. The van der Waals surface area contributed by atoms with Crippen LogP contribution in [0.1, 0.15) is 48.0 Å². The SMILES string of the molecule is NC(=O)C1=CC=NN2C1=NC(c1ccc(C3(N)CCC3)cc1)C2c1ccccc1. The monoisotopic (exact) mass is 385 g/mol. The molecule has 3 aliphatic rings. The molecule has 4 N–H and O–H groups in total. The van der Waals surface area contributed by atoms with E-state index >= 15 is 0 Å². The minimum Gasteiger partial charge on any atom is -0.365 e. The maximum Gasteiger partial charge on any atom is 0.252 e. The van der Waals surface area contributed by atoms with Gasteiger partial charge < -0.3 is 11.5 Å². The number of carbonyl (C=O) groups excluding carboxylic acids is 1. The molecule has 6 heteroatoms. The van der Waals surface area contributed by atoms with E-state index in [1.807, 2.05) is 23.2 Å². The highest BCUT2D eigenvalue weighted by molar-refractivity contribution is 6.23. The molecule has 0 radical (unpaired) electrons.